The Morgan fingerprint density at radius 3 is 2.93 bits per heavy atom. The number of aryl methyl sites for hydroxylation is 1. The van der Waals surface area contributed by atoms with Crippen molar-refractivity contribution in [2.24, 2.45) is 7.05 Å². The minimum atomic E-state index is -0.366. The number of hydrogen-bond acceptors (Lipinski definition) is 3. The fourth-order valence-electron chi connectivity index (χ4n) is 1.42. The fourth-order valence-corrected chi connectivity index (χ4v) is 1.78. The summed E-state index contributed by atoms with van der Waals surface area (Å²) in [6.07, 6.45) is 0. The number of esters is 1. The molecule has 1 aromatic heterocycles. The molecule has 0 bridgehead atoms. The maximum atomic E-state index is 10.9. The van der Waals surface area contributed by atoms with Gasteiger partial charge in [0.2, 0.25) is 5.88 Å². The molecule has 0 unspecified atom stereocenters. The number of benzene rings is 1. The number of hydrogen-bond donors (Lipinski definition) is 0. The van der Waals surface area contributed by atoms with Crippen LogP contribution in [0.5, 0.6) is 5.88 Å². The highest BCUT2D eigenvalue weighted by Gasteiger charge is 2.11. The third-order valence-electron chi connectivity index (χ3n) is 2.02. The summed E-state index contributed by atoms with van der Waals surface area (Å²) in [6.45, 7) is 1.36. The van der Waals surface area contributed by atoms with Gasteiger partial charge in [-0.3, -0.25) is 9.48 Å². The van der Waals surface area contributed by atoms with Crippen molar-refractivity contribution in [3.05, 3.63) is 22.7 Å². The zero-order chi connectivity index (χ0) is 11.0. The van der Waals surface area contributed by atoms with Gasteiger partial charge in [0.1, 0.15) is 0 Å². The molecule has 0 saturated carbocycles. The van der Waals surface area contributed by atoms with Gasteiger partial charge in [0.15, 0.2) is 0 Å². The van der Waals surface area contributed by atoms with Crippen LogP contribution in [0.4, 0.5) is 0 Å². The zero-order valence-corrected chi connectivity index (χ0v) is 9.91. The molecule has 0 fully saturated rings. The summed E-state index contributed by atoms with van der Waals surface area (Å²) in [7, 11) is 1.81. The molecule has 4 nitrogen and oxygen atoms in total. The predicted octanol–water partition coefficient (Wildman–Crippen LogP) is 2.26. The van der Waals surface area contributed by atoms with E-state index in [0.717, 1.165) is 15.4 Å². The Balaban J connectivity index is 2.64. The third kappa shape index (κ3) is 1.87. The van der Waals surface area contributed by atoms with Crippen LogP contribution in [-0.4, -0.2) is 15.7 Å². The normalized spacial score (nSPS) is 10.6. The molecule has 15 heavy (non-hydrogen) atoms. The van der Waals surface area contributed by atoms with Gasteiger partial charge in [0.25, 0.3) is 0 Å². The maximum absolute atomic E-state index is 10.9. The van der Waals surface area contributed by atoms with Gasteiger partial charge in [0, 0.05) is 18.4 Å². The Morgan fingerprint density at radius 1 is 1.53 bits per heavy atom. The smallest absolute Gasteiger partial charge is 0.309 e. The van der Waals surface area contributed by atoms with Gasteiger partial charge in [-0.25, -0.2) is 0 Å². The second-order valence-electron chi connectivity index (χ2n) is 3.18. The highest BCUT2D eigenvalue weighted by Crippen LogP contribution is 2.27. The molecular formula is C10H9BrN2O2. The van der Waals surface area contributed by atoms with Crippen LogP contribution in [0.15, 0.2) is 22.7 Å². The highest BCUT2D eigenvalue weighted by atomic mass is 79.9. The van der Waals surface area contributed by atoms with E-state index in [2.05, 4.69) is 21.0 Å². The van der Waals surface area contributed by atoms with Crippen LogP contribution in [-0.2, 0) is 11.8 Å². The lowest BCUT2D eigenvalue weighted by molar-refractivity contribution is -0.132. The van der Waals surface area contributed by atoms with Crippen LogP contribution in [0.3, 0.4) is 0 Å². The van der Waals surface area contributed by atoms with E-state index in [4.69, 9.17) is 4.74 Å². The third-order valence-corrected chi connectivity index (χ3v) is 2.51. The molecule has 5 heteroatoms. The van der Waals surface area contributed by atoms with Crippen LogP contribution >= 0.6 is 15.9 Å². The second-order valence-corrected chi connectivity index (χ2v) is 4.10. The number of carbonyl (C=O) groups excluding carboxylic acids is 1. The molecule has 78 valence electrons. The Bertz CT molecular complexity index is 533. The van der Waals surface area contributed by atoms with E-state index in [1.165, 1.54) is 6.92 Å². The molecule has 0 aliphatic heterocycles. The van der Waals surface area contributed by atoms with Gasteiger partial charge in [0.05, 0.1) is 10.9 Å². The zero-order valence-electron chi connectivity index (χ0n) is 8.32. The summed E-state index contributed by atoms with van der Waals surface area (Å²) in [4.78, 5) is 10.9. The molecule has 2 aromatic rings. The van der Waals surface area contributed by atoms with Gasteiger partial charge < -0.3 is 4.74 Å². The molecule has 0 aliphatic carbocycles. The first-order valence-electron chi connectivity index (χ1n) is 4.38. The van der Waals surface area contributed by atoms with Crippen LogP contribution in [0.2, 0.25) is 0 Å². The fraction of sp³-hybridized carbons (Fsp3) is 0.200. The molecule has 0 N–H and O–H groups in total. The van der Waals surface area contributed by atoms with Crippen LogP contribution in [0.1, 0.15) is 6.92 Å². The first-order chi connectivity index (χ1) is 7.08. The molecule has 0 radical (unpaired) electrons. The molecule has 2 rings (SSSR count). The quantitative estimate of drug-likeness (QED) is 0.746. The molecule has 0 saturated heterocycles. The highest BCUT2D eigenvalue weighted by molar-refractivity contribution is 9.10. The van der Waals surface area contributed by atoms with Gasteiger partial charge in [-0.2, -0.15) is 0 Å². The molecule has 0 amide bonds. The van der Waals surface area contributed by atoms with Crippen molar-refractivity contribution in [1.29, 1.82) is 0 Å². The lowest BCUT2D eigenvalue weighted by Crippen LogP contribution is -2.02. The monoisotopic (exact) mass is 268 g/mol. The van der Waals surface area contributed by atoms with Crippen LogP contribution < -0.4 is 4.74 Å². The van der Waals surface area contributed by atoms with Gasteiger partial charge in [-0.1, -0.05) is 15.9 Å². The summed E-state index contributed by atoms with van der Waals surface area (Å²) in [5.74, 6) is -0.0173. The second kappa shape index (κ2) is 3.66. The predicted molar refractivity (Wildman–Crippen MR) is 59.7 cm³/mol. The first kappa shape index (κ1) is 10.2. The van der Waals surface area contributed by atoms with E-state index in [1.54, 1.807) is 4.68 Å². The number of nitrogens with zero attached hydrogens (tertiary/aromatic N) is 2. The average Bonchev–Trinajstić information content (AvgIpc) is 2.42. The van der Waals surface area contributed by atoms with Crippen molar-refractivity contribution in [3.8, 4) is 5.88 Å². The number of halogens is 1. The molecule has 1 heterocycles. The molecular weight excluding hydrogens is 260 g/mol. The number of fused-ring (bicyclic) bond motifs is 1. The van der Waals surface area contributed by atoms with Crippen molar-refractivity contribution in [2.75, 3.05) is 0 Å². The molecule has 0 spiro atoms. The van der Waals surface area contributed by atoms with Crippen molar-refractivity contribution in [1.82, 2.24) is 9.78 Å². The van der Waals surface area contributed by atoms with E-state index in [-0.39, 0.29) is 5.97 Å². The minimum Gasteiger partial charge on any atom is -0.405 e. The van der Waals surface area contributed by atoms with Gasteiger partial charge in [-0.05, 0) is 18.2 Å². The van der Waals surface area contributed by atoms with Crippen LogP contribution in [0.25, 0.3) is 10.9 Å². The minimum absolute atomic E-state index is 0.348. The van der Waals surface area contributed by atoms with Crippen molar-refractivity contribution >= 4 is 32.8 Å². The Morgan fingerprint density at radius 2 is 2.27 bits per heavy atom. The largest absolute Gasteiger partial charge is 0.405 e. The van der Waals surface area contributed by atoms with Crippen molar-refractivity contribution < 1.29 is 9.53 Å². The summed E-state index contributed by atoms with van der Waals surface area (Å²) in [5.41, 5.74) is 0.925. The number of ether oxygens (including phenoxy) is 1. The van der Waals surface area contributed by atoms with Gasteiger partial charge in [-0.15, -0.1) is 5.10 Å². The number of rotatable bonds is 1. The molecule has 0 aliphatic rings. The van der Waals surface area contributed by atoms with Crippen molar-refractivity contribution in [3.63, 3.8) is 0 Å². The van der Waals surface area contributed by atoms with E-state index < -0.39 is 0 Å². The van der Waals surface area contributed by atoms with Crippen LogP contribution in [0, 0.1) is 0 Å². The SMILES string of the molecule is CC(=O)Oc1nn(C)c2ccc(Br)cc12. The molecule has 0 atom stereocenters. The Labute approximate surface area is 95.0 Å². The summed E-state index contributed by atoms with van der Waals surface area (Å²) in [5, 5.41) is 4.95. The number of aromatic nitrogens is 2. The van der Waals surface area contributed by atoms with E-state index in [1.807, 2.05) is 25.2 Å². The van der Waals surface area contributed by atoms with E-state index in [9.17, 15) is 4.79 Å². The maximum Gasteiger partial charge on any atom is 0.309 e. The van der Waals surface area contributed by atoms with E-state index in [0.29, 0.717) is 5.88 Å². The Hall–Kier alpha value is -1.36. The summed E-state index contributed by atoms with van der Waals surface area (Å²) in [6, 6.07) is 5.71. The van der Waals surface area contributed by atoms with Gasteiger partial charge >= 0.3 is 5.97 Å². The topological polar surface area (TPSA) is 44.1 Å². The summed E-state index contributed by atoms with van der Waals surface area (Å²) < 4.78 is 7.62. The lowest BCUT2D eigenvalue weighted by Gasteiger charge is -1.96. The average molecular weight is 269 g/mol. The standard InChI is InChI=1S/C10H9BrN2O2/c1-6(14)15-10-8-5-7(11)3-4-9(8)13(2)12-10/h3-5H,1-2H3. The van der Waals surface area contributed by atoms with Crippen molar-refractivity contribution in [2.45, 2.75) is 6.92 Å². The number of carbonyl (C=O) groups is 1. The summed E-state index contributed by atoms with van der Waals surface area (Å²) >= 11 is 3.36. The van der Waals surface area contributed by atoms with E-state index >= 15 is 0 Å². The molecule has 1 aromatic carbocycles. The lowest BCUT2D eigenvalue weighted by atomic mass is 10.2. The Kier molecular flexibility index (Phi) is 2.48. The first-order valence-corrected chi connectivity index (χ1v) is 5.18.